The minimum absolute atomic E-state index is 0.218. The van der Waals surface area contributed by atoms with Gasteiger partial charge in [0.1, 0.15) is 0 Å². The molecular weight excluding hydrogens is 304 g/mol. The van der Waals surface area contributed by atoms with E-state index < -0.39 is 10.0 Å². The van der Waals surface area contributed by atoms with Crippen LogP contribution in [-0.4, -0.2) is 15.0 Å². The summed E-state index contributed by atoms with van der Waals surface area (Å²) in [6.07, 6.45) is 1.96. The van der Waals surface area contributed by atoms with Crippen molar-refractivity contribution in [2.45, 2.75) is 30.7 Å². The van der Waals surface area contributed by atoms with Crippen molar-refractivity contribution in [1.82, 2.24) is 4.72 Å². The number of nitrogens with one attached hydrogen (secondary N) is 2. The van der Waals surface area contributed by atoms with Crippen LogP contribution >= 0.6 is 11.3 Å². The monoisotopic (exact) mass is 322 g/mol. The Morgan fingerprint density at radius 2 is 2.19 bits per heavy atom. The summed E-state index contributed by atoms with van der Waals surface area (Å²) >= 11 is 1.55. The third-order valence-corrected chi connectivity index (χ3v) is 6.22. The molecule has 0 amide bonds. The van der Waals surface area contributed by atoms with Crippen LogP contribution in [0.25, 0.3) is 0 Å². The lowest BCUT2D eigenvalue weighted by Gasteiger charge is -2.19. The van der Waals surface area contributed by atoms with E-state index in [2.05, 4.69) is 10.0 Å². The summed E-state index contributed by atoms with van der Waals surface area (Å²) in [7, 11) is -3.49. The summed E-state index contributed by atoms with van der Waals surface area (Å²) in [5.74, 6) is 0. The Hall–Kier alpha value is -1.37. The molecule has 3 rings (SSSR count). The van der Waals surface area contributed by atoms with Gasteiger partial charge in [0.05, 0.1) is 10.9 Å². The van der Waals surface area contributed by atoms with Crippen molar-refractivity contribution in [2.24, 2.45) is 0 Å². The first kappa shape index (κ1) is 14.6. The topological polar surface area (TPSA) is 58.2 Å². The number of anilines is 1. The summed E-state index contributed by atoms with van der Waals surface area (Å²) < 4.78 is 27.7. The van der Waals surface area contributed by atoms with Crippen molar-refractivity contribution >= 4 is 27.0 Å². The van der Waals surface area contributed by atoms with Crippen molar-refractivity contribution < 1.29 is 8.42 Å². The Balaban J connectivity index is 1.84. The molecule has 1 aromatic carbocycles. The number of thiophene rings is 1. The standard InChI is InChI=1S/C15H18N2O2S2/c1-11(15-5-3-9-20-15)17-21(18,19)13-6-7-14-12(10-13)4-2-8-16-14/h3,5-7,9-11,16-17H,2,4,8H2,1H3. The van der Waals surface area contributed by atoms with E-state index in [-0.39, 0.29) is 6.04 Å². The normalized spacial score (nSPS) is 16.0. The Bertz CT molecular complexity index is 724. The van der Waals surface area contributed by atoms with E-state index in [0.29, 0.717) is 4.90 Å². The molecule has 2 N–H and O–H groups in total. The molecular formula is C15H18N2O2S2. The van der Waals surface area contributed by atoms with E-state index in [1.807, 2.05) is 30.5 Å². The van der Waals surface area contributed by atoms with Crippen molar-refractivity contribution in [3.63, 3.8) is 0 Å². The summed E-state index contributed by atoms with van der Waals surface area (Å²) in [6, 6.07) is 8.96. The largest absolute Gasteiger partial charge is 0.385 e. The van der Waals surface area contributed by atoms with Gasteiger partial charge in [-0.3, -0.25) is 0 Å². The average Bonchev–Trinajstić information content (AvgIpc) is 3.00. The molecule has 21 heavy (non-hydrogen) atoms. The summed E-state index contributed by atoms with van der Waals surface area (Å²) in [4.78, 5) is 1.35. The van der Waals surface area contributed by atoms with Crippen LogP contribution in [0.5, 0.6) is 0 Å². The van der Waals surface area contributed by atoms with Gasteiger partial charge >= 0.3 is 0 Å². The van der Waals surface area contributed by atoms with Crippen LogP contribution in [-0.2, 0) is 16.4 Å². The first-order valence-corrected chi connectivity index (χ1v) is 9.35. The smallest absolute Gasteiger partial charge is 0.241 e. The number of hydrogen-bond acceptors (Lipinski definition) is 4. The minimum Gasteiger partial charge on any atom is -0.385 e. The van der Waals surface area contributed by atoms with Gasteiger partial charge in [0, 0.05) is 17.1 Å². The average molecular weight is 322 g/mol. The fourth-order valence-corrected chi connectivity index (χ4v) is 4.60. The Kier molecular flexibility index (Phi) is 4.01. The van der Waals surface area contributed by atoms with Crippen molar-refractivity contribution in [2.75, 3.05) is 11.9 Å². The Labute approximate surface area is 129 Å². The molecule has 0 saturated heterocycles. The van der Waals surface area contributed by atoms with Gasteiger partial charge in [0.15, 0.2) is 0 Å². The zero-order valence-electron chi connectivity index (χ0n) is 11.8. The lowest BCUT2D eigenvalue weighted by molar-refractivity contribution is 0.568. The predicted molar refractivity (Wildman–Crippen MR) is 86.3 cm³/mol. The van der Waals surface area contributed by atoms with E-state index in [9.17, 15) is 8.42 Å². The van der Waals surface area contributed by atoms with Crippen LogP contribution in [0.3, 0.4) is 0 Å². The molecule has 1 unspecified atom stereocenters. The van der Waals surface area contributed by atoms with Gasteiger partial charge < -0.3 is 5.32 Å². The molecule has 0 bridgehead atoms. The highest BCUT2D eigenvalue weighted by molar-refractivity contribution is 7.89. The zero-order valence-corrected chi connectivity index (χ0v) is 13.4. The molecule has 1 aromatic heterocycles. The van der Waals surface area contributed by atoms with E-state index in [4.69, 9.17) is 0 Å². The van der Waals surface area contributed by atoms with Gasteiger partial charge in [0.25, 0.3) is 0 Å². The van der Waals surface area contributed by atoms with Crippen molar-refractivity contribution in [1.29, 1.82) is 0 Å². The van der Waals surface area contributed by atoms with Gasteiger partial charge in [-0.05, 0) is 55.0 Å². The maximum atomic E-state index is 12.5. The van der Waals surface area contributed by atoms with E-state index in [1.54, 1.807) is 23.5 Å². The maximum absolute atomic E-state index is 12.5. The molecule has 2 aromatic rings. The number of aryl methyl sites for hydroxylation is 1. The van der Waals surface area contributed by atoms with Gasteiger partial charge in [0.2, 0.25) is 10.0 Å². The minimum atomic E-state index is -3.49. The van der Waals surface area contributed by atoms with Gasteiger partial charge in [-0.1, -0.05) is 6.07 Å². The number of rotatable bonds is 4. The molecule has 0 aliphatic carbocycles. The lowest BCUT2D eigenvalue weighted by Crippen LogP contribution is -2.26. The summed E-state index contributed by atoms with van der Waals surface area (Å²) in [6.45, 7) is 2.82. The lowest BCUT2D eigenvalue weighted by atomic mass is 10.0. The zero-order chi connectivity index (χ0) is 14.9. The fourth-order valence-electron chi connectivity index (χ4n) is 2.51. The second-order valence-electron chi connectivity index (χ2n) is 5.21. The summed E-state index contributed by atoms with van der Waals surface area (Å²) in [5.41, 5.74) is 2.12. The number of sulfonamides is 1. The Morgan fingerprint density at radius 3 is 2.95 bits per heavy atom. The Morgan fingerprint density at radius 1 is 1.33 bits per heavy atom. The van der Waals surface area contributed by atoms with Crippen molar-refractivity contribution in [3.05, 3.63) is 46.2 Å². The highest BCUT2D eigenvalue weighted by atomic mass is 32.2. The molecule has 4 nitrogen and oxygen atoms in total. The van der Waals surface area contributed by atoms with Crippen LogP contribution in [0, 0.1) is 0 Å². The SMILES string of the molecule is CC(NS(=O)(=O)c1ccc2c(c1)CCCN2)c1cccs1. The first-order valence-electron chi connectivity index (χ1n) is 6.99. The fraction of sp³-hybridized carbons (Fsp3) is 0.333. The van der Waals surface area contributed by atoms with E-state index >= 15 is 0 Å². The molecule has 1 aliphatic rings. The molecule has 1 aliphatic heterocycles. The number of fused-ring (bicyclic) bond motifs is 1. The van der Waals surface area contributed by atoms with Crippen molar-refractivity contribution in [3.8, 4) is 0 Å². The predicted octanol–water partition coefficient (Wildman–Crippen LogP) is 3.15. The van der Waals surface area contributed by atoms with Gasteiger partial charge in [-0.2, -0.15) is 0 Å². The van der Waals surface area contributed by atoms with Gasteiger partial charge in [-0.15, -0.1) is 11.3 Å². The second kappa shape index (κ2) is 5.79. The number of benzene rings is 1. The third-order valence-electron chi connectivity index (χ3n) is 3.63. The highest BCUT2D eigenvalue weighted by Gasteiger charge is 2.20. The highest BCUT2D eigenvalue weighted by Crippen LogP contribution is 2.26. The second-order valence-corrected chi connectivity index (χ2v) is 7.90. The first-order chi connectivity index (χ1) is 10.1. The van der Waals surface area contributed by atoms with Crippen LogP contribution < -0.4 is 10.0 Å². The molecule has 1 atom stereocenters. The van der Waals surface area contributed by atoms with Crippen LogP contribution in [0.4, 0.5) is 5.69 Å². The molecule has 0 spiro atoms. The van der Waals surface area contributed by atoms with Crippen LogP contribution in [0.1, 0.15) is 29.8 Å². The maximum Gasteiger partial charge on any atom is 0.241 e. The van der Waals surface area contributed by atoms with E-state index in [1.165, 1.54) is 0 Å². The van der Waals surface area contributed by atoms with Crippen LogP contribution in [0.15, 0.2) is 40.6 Å². The molecule has 6 heteroatoms. The van der Waals surface area contributed by atoms with Gasteiger partial charge in [-0.25, -0.2) is 13.1 Å². The molecule has 112 valence electrons. The molecule has 0 saturated carbocycles. The molecule has 0 radical (unpaired) electrons. The summed E-state index contributed by atoms with van der Waals surface area (Å²) in [5, 5.41) is 5.24. The molecule has 2 heterocycles. The third kappa shape index (κ3) is 3.12. The molecule has 0 fully saturated rings. The van der Waals surface area contributed by atoms with E-state index in [0.717, 1.165) is 35.5 Å². The van der Waals surface area contributed by atoms with Crippen LogP contribution in [0.2, 0.25) is 0 Å². The quantitative estimate of drug-likeness (QED) is 0.909. The number of hydrogen-bond donors (Lipinski definition) is 2.